The maximum absolute atomic E-state index is 13.7. The van der Waals surface area contributed by atoms with E-state index in [9.17, 15) is 9.59 Å². The average Bonchev–Trinajstić information content (AvgIpc) is 3.25. The Hall–Kier alpha value is -4.13. The van der Waals surface area contributed by atoms with E-state index in [-0.39, 0.29) is 5.91 Å². The molecule has 3 aromatic carbocycles. The SMILES string of the molecule is COc1cccc(C(NC(=O)c2cccc(-c3ccc4c(c3)C(C)=NC4)c2)C(C)(C)NC(=O)OC(C)(C)C)c1. The van der Waals surface area contributed by atoms with Crippen LogP contribution in [0.4, 0.5) is 4.79 Å². The van der Waals surface area contributed by atoms with Crippen molar-refractivity contribution >= 4 is 17.7 Å². The van der Waals surface area contributed by atoms with Crippen molar-refractivity contribution in [1.29, 1.82) is 0 Å². The van der Waals surface area contributed by atoms with Gasteiger partial charge in [0.05, 0.1) is 25.2 Å². The van der Waals surface area contributed by atoms with E-state index in [0.717, 1.165) is 28.0 Å². The Kier molecular flexibility index (Phi) is 7.82. The second-order valence-corrected chi connectivity index (χ2v) is 11.4. The van der Waals surface area contributed by atoms with Gasteiger partial charge in [-0.3, -0.25) is 9.79 Å². The molecule has 0 bridgehead atoms. The Balaban J connectivity index is 1.63. The van der Waals surface area contributed by atoms with Crippen LogP contribution in [0.2, 0.25) is 0 Å². The number of nitrogens with one attached hydrogen (secondary N) is 2. The molecule has 0 aliphatic carbocycles. The first-order valence-electron chi connectivity index (χ1n) is 13.1. The molecule has 0 saturated heterocycles. The lowest BCUT2D eigenvalue weighted by Crippen LogP contribution is -2.54. The number of fused-ring (bicyclic) bond motifs is 1. The molecule has 3 aromatic rings. The highest BCUT2D eigenvalue weighted by Crippen LogP contribution is 2.31. The number of alkyl carbamates (subject to hydrolysis) is 1. The maximum Gasteiger partial charge on any atom is 0.408 e. The minimum atomic E-state index is -0.904. The van der Waals surface area contributed by atoms with E-state index in [2.05, 4.69) is 33.8 Å². The fourth-order valence-electron chi connectivity index (χ4n) is 4.71. The van der Waals surface area contributed by atoms with Crippen molar-refractivity contribution in [2.75, 3.05) is 7.11 Å². The number of carbonyl (C=O) groups excluding carboxylic acids is 2. The first-order chi connectivity index (χ1) is 18.4. The fourth-order valence-corrected chi connectivity index (χ4v) is 4.71. The van der Waals surface area contributed by atoms with Crippen molar-refractivity contribution in [2.45, 2.75) is 65.3 Å². The molecular weight excluding hydrogens is 490 g/mol. The van der Waals surface area contributed by atoms with Crippen molar-refractivity contribution in [1.82, 2.24) is 10.6 Å². The standard InChI is InChI=1S/C32H37N3O4/c1-20-27-18-22(14-15-25(27)19-33-20)21-10-8-12-24(16-21)29(36)34-28(23-11-9-13-26(17-23)38-7)32(5,6)35-30(37)39-31(2,3)4/h8-18,28H,19H2,1-7H3,(H,34,36)(H,35,37). The summed E-state index contributed by atoms with van der Waals surface area (Å²) in [4.78, 5) is 30.9. The van der Waals surface area contributed by atoms with Crippen molar-refractivity contribution in [2.24, 2.45) is 4.99 Å². The van der Waals surface area contributed by atoms with E-state index in [0.29, 0.717) is 17.9 Å². The van der Waals surface area contributed by atoms with Crippen molar-refractivity contribution in [3.05, 3.63) is 89.0 Å². The number of rotatable bonds is 7. The molecule has 0 spiro atoms. The summed E-state index contributed by atoms with van der Waals surface area (Å²) in [6.45, 7) is 11.9. The first-order valence-corrected chi connectivity index (χ1v) is 13.1. The summed E-state index contributed by atoms with van der Waals surface area (Å²) >= 11 is 0. The van der Waals surface area contributed by atoms with Gasteiger partial charge >= 0.3 is 6.09 Å². The largest absolute Gasteiger partial charge is 0.497 e. The van der Waals surface area contributed by atoms with Crippen molar-refractivity contribution < 1.29 is 19.1 Å². The molecular formula is C32H37N3O4. The highest BCUT2D eigenvalue weighted by atomic mass is 16.6. The molecule has 1 aliphatic heterocycles. The monoisotopic (exact) mass is 527 g/mol. The predicted molar refractivity (Wildman–Crippen MR) is 154 cm³/mol. The molecule has 39 heavy (non-hydrogen) atoms. The van der Waals surface area contributed by atoms with Gasteiger partial charge in [0, 0.05) is 16.8 Å². The topological polar surface area (TPSA) is 89.0 Å². The van der Waals surface area contributed by atoms with Crippen LogP contribution in [0.15, 0.2) is 71.7 Å². The highest BCUT2D eigenvalue weighted by Gasteiger charge is 2.35. The van der Waals surface area contributed by atoms with Crippen molar-refractivity contribution in [3.63, 3.8) is 0 Å². The number of methoxy groups -OCH3 is 1. The van der Waals surface area contributed by atoms with Gasteiger partial charge in [-0.2, -0.15) is 0 Å². The second kappa shape index (κ2) is 10.9. The Morgan fingerprint density at radius 2 is 1.64 bits per heavy atom. The zero-order chi connectivity index (χ0) is 28.4. The number of aliphatic imine (C=N–C) groups is 1. The quantitative estimate of drug-likeness (QED) is 0.369. The van der Waals surface area contributed by atoms with Crippen molar-refractivity contribution in [3.8, 4) is 16.9 Å². The van der Waals surface area contributed by atoms with Crippen LogP contribution >= 0.6 is 0 Å². The first kappa shape index (κ1) is 27.9. The summed E-state index contributed by atoms with van der Waals surface area (Å²) in [7, 11) is 1.59. The minimum Gasteiger partial charge on any atom is -0.497 e. The summed E-state index contributed by atoms with van der Waals surface area (Å²) in [5.74, 6) is 0.389. The van der Waals surface area contributed by atoms with Gasteiger partial charge in [-0.05, 0) is 94.1 Å². The van der Waals surface area contributed by atoms with E-state index in [4.69, 9.17) is 9.47 Å². The smallest absolute Gasteiger partial charge is 0.408 e. The third-order valence-corrected chi connectivity index (χ3v) is 6.69. The van der Waals surface area contributed by atoms with E-state index in [1.165, 1.54) is 5.56 Å². The van der Waals surface area contributed by atoms with Crippen LogP contribution in [0.1, 0.15) is 74.6 Å². The van der Waals surface area contributed by atoms with Crippen LogP contribution in [0.3, 0.4) is 0 Å². The second-order valence-electron chi connectivity index (χ2n) is 11.4. The lowest BCUT2D eigenvalue weighted by molar-refractivity contribution is 0.0444. The zero-order valence-electron chi connectivity index (χ0n) is 23.7. The molecule has 1 aliphatic rings. The van der Waals surface area contributed by atoms with Crippen LogP contribution in [0.5, 0.6) is 5.75 Å². The fraction of sp³-hybridized carbons (Fsp3) is 0.344. The summed E-state index contributed by atoms with van der Waals surface area (Å²) in [6, 6.07) is 20.7. The molecule has 1 unspecified atom stereocenters. The molecule has 204 valence electrons. The normalized spacial score (nSPS) is 13.7. The Morgan fingerprint density at radius 1 is 0.923 bits per heavy atom. The maximum atomic E-state index is 13.7. The molecule has 2 N–H and O–H groups in total. The Bertz CT molecular complexity index is 1420. The molecule has 4 rings (SSSR count). The molecule has 1 atom stereocenters. The van der Waals surface area contributed by atoms with Crippen LogP contribution in [-0.4, -0.2) is 36.0 Å². The predicted octanol–water partition coefficient (Wildman–Crippen LogP) is 6.46. The molecule has 2 amide bonds. The van der Waals surface area contributed by atoms with Gasteiger partial charge in [0.25, 0.3) is 5.91 Å². The Morgan fingerprint density at radius 3 is 2.36 bits per heavy atom. The van der Waals surface area contributed by atoms with Crippen LogP contribution < -0.4 is 15.4 Å². The molecule has 7 heteroatoms. The molecule has 0 radical (unpaired) electrons. The molecule has 1 heterocycles. The number of ether oxygens (including phenoxy) is 2. The van der Waals surface area contributed by atoms with Gasteiger partial charge in [0.15, 0.2) is 0 Å². The zero-order valence-corrected chi connectivity index (χ0v) is 23.7. The van der Waals surface area contributed by atoms with Gasteiger partial charge in [0.2, 0.25) is 0 Å². The number of hydrogen-bond donors (Lipinski definition) is 2. The summed E-state index contributed by atoms with van der Waals surface area (Å²) < 4.78 is 10.9. The number of amides is 2. The average molecular weight is 528 g/mol. The van der Waals surface area contributed by atoms with Gasteiger partial charge in [-0.15, -0.1) is 0 Å². The number of nitrogens with zero attached hydrogens (tertiary/aromatic N) is 1. The van der Waals surface area contributed by atoms with E-state index >= 15 is 0 Å². The van der Waals surface area contributed by atoms with Gasteiger partial charge in [0.1, 0.15) is 11.4 Å². The lowest BCUT2D eigenvalue weighted by atomic mass is 9.88. The summed E-state index contributed by atoms with van der Waals surface area (Å²) in [6.07, 6.45) is -0.563. The van der Waals surface area contributed by atoms with Crippen LogP contribution in [0.25, 0.3) is 11.1 Å². The van der Waals surface area contributed by atoms with Crippen LogP contribution in [-0.2, 0) is 11.3 Å². The number of benzene rings is 3. The number of hydrogen-bond acceptors (Lipinski definition) is 5. The highest BCUT2D eigenvalue weighted by molar-refractivity contribution is 6.03. The Labute approximate surface area is 230 Å². The lowest BCUT2D eigenvalue weighted by Gasteiger charge is -2.36. The van der Waals surface area contributed by atoms with Crippen LogP contribution in [0, 0.1) is 0 Å². The molecule has 7 nitrogen and oxygen atoms in total. The van der Waals surface area contributed by atoms with E-state index in [1.54, 1.807) is 13.2 Å². The van der Waals surface area contributed by atoms with Gasteiger partial charge in [-0.1, -0.05) is 36.4 Å². The van der Waals surface area contributed by atoms with Gasteiger partial charge in [-0.25, -0.2) is 4.79 Å². The molecule has 0 aromatic heterocycles. The third-order valence-electron chi connectivity index (χ3n) is 6.69. The minimum absolute atomic E-state index is 0.261. The van der Waals surface area contributed by atoms with E-state index < -0.39 is 23.3 Å². The third kappa shape index (κ3) is 6.66. The summed E-state index contributed by atoms with van der Waals surface area (Å²) in [5, 5.41) is 6.10. The summed E-state index contributed by atoms with van der Waals surface area (Å²) in [5.41, 5.74) is 5.09. The number of carbonyl (C=O) groups is 2. The molecule has 0 fully saturated rings. The van der Waals surface area contributed by atoms with E-state index in [1.807, 2.05) is 84.0 Å². The van der Waals surface area contributed by atoms with Gasteiger partial charge < -0.3 is 20.1 Å². The molecule has 0 saturated carbocycles.